The summed E-state index contributed by atoms with van der Waals surface area (Å²) in [6.45, 7) is 3.30. The second-order valence-corrected chi connectivity index (χ2v) is 7.10. The maximum Gasteiger partial charge on any atom is 0.337 e. The van der Waals surface area contributed by atoms with Crippen LogP contribution < -0.4 is 4.90 Å². The van der Waals surface area contributed by atoms with E-state index < -0.39 is 5.97 Å². The van der Waals surface area contributed by atoms with Gasteiger partial charge in [0.2, 0.25) is 11.8 Å². The molecule has 0 spiro atoms. The second kappa shape index (κ2) is 7.63. The van der Waals surface area contributed by atoms with Crippen LogP contribution in [-0.4, -0.2) is 74.5 Å². The summed E-state index contributed by atoms with van der Waals surface area (Å²) in [5.74, 6) is -1.04. The molecule has 7 nitrogen and oxygen atoms in total. The van der Waals surface area contributed by atoms with Crippen LogP contribution in [0.5, 0.6) is 0 Å². The summed E-state index contributed by atoms with van der Waals surface area (Å²) < 4.78 is 4.72. The van der Waals surface area contributed by atoms with Gasteiger partial charge in [0.25, 0.3) is 0 Å². The molecule has 1 aromatic carbocycles. The highest BCUT2D eigenvalue weighted by atomic mass is 35.5. The lowest BCUT2D eigenvalue weighted by molar-refractivity contribution is -0.137. The van der Waals surface area contributed by atoms with Gasteiger partial charge in [0, 0.05) is 39.1 Å². The second-order valence-electron chi connectivity index (χ2n) is 6.69. The monoisotopic (exact) mass is 379 g/mol. The molecule has 0 saturated carbocycles. The molecule has 8 heteroatoms. The average Bonchev–Trinajstić information content (AvgIpc) is 3.03. The lowest BCUT2D eigenvalue weighted by Gasteiger charge is -2.33. The number of anilines is 1. The number of ether oxygens (including phenoxy) is 1. The van der Waals surface area contributed by atoms with E-state index in [1.54, 1.807) is 12.1 Å². The number of hydrogen-bond donors (Lipinski definition) is 0. The van der Waals surface area contributed by atoms with Crippen molar-refractivity contribution in [3.63, 3.8) is 0 Å². The third kappa shape index (κ3) is 3.68. The van der Waals surface area contributed by atoms with Crippen LogP contribution in [-0.2, 0) is 14.3 Å². The lowest BCUT2D eigenvalue weighted by atomic mass is 10.1. The van der Waals surface area contributed by atoms with Crippen molar-refractivity contribution in [1.29, 1.82) is 0 Å². The van der Waals surface area contributed by atoms with Crippen LogP contribution in [0.4, 0.5) is 5.69 Å². The van der Waals surface area contributed by atoms with Gasteiger partial charge in [-0.05, 0) is 25.2 Å². The summed E-state index contributed by atoms with van der Waals surface area (Å²) in [5.41, 5.74) is 0.752. The van der Waals surface area contributed by atoms with E-state index >= 15 is 0 Å². The summed E-state index contributed by atoms with van der Waals surface area (Å²) in [6.07, 6.45) is 0.157. The van der Waals surface area contributed by atoms with Gasteiger partial charge in [-0.1, -0.05) is 11.6 Å². The van der Waals surface area contributed by atoms with E-state index in [1.807, 2.05) is 11.9 Å². The van der Waals surface area contributed by atoms with Gasteiger partial charge in [0.15, 0.2) is 0 Å². The van der Waals surface area contributed by atoms with Crippen LogP contribution in [0.2, 0.25) is 5.02 Å². The molecular weight excluding hydrogens is 358 g/mol. The minimum atomic E-state index is -0.500. The van der Waals surface area contributed by atoms with Crippen LogP contribution in [0.1, 0.15) is 16.8 Å². The number of likely N-dealkylation sites (N-methyl/N-ethyl adjacent to an activating group) is 1. The Bertz CT molecular complexity index is 731. The maximum atomic E-state index is 12.8. The summed E-state index contributed by atoms with van der Waals surface area (Å²) in [7, 11) is 3.32. The zero-order chi connectivity index (χ0) is 18.8. The number of piperazine rings is 1. The van der Waals surface area contributed by atoms with Gasteiger partial charge in [-0.25, -0.2) is 4.79 Å². The molecule has 2 heterocycles. The molecule has 0 radical (unpaired) electrons. The number of carbonyl (C=O) groups excluding carboxylic acids is 3. The summed E-state index contributed by atoms with van der Waals surface area (Å²) in [4.78, 5) is 42.5. The number of rotatable bonds is 3. The number of methoxy groups -OCH3 is 1. The molecule has 26 heavy (non-hydrogen) atoms. The molecular formula is C18H22ClN3O4. The van der Waals surface area contributed by atoms with Crippen molar-refractivity contribution in [3.8, 4) is 0 Å². The van der Waals surface area contributed by atoms with E-state index in [-0.39, 0.29) is 30.7 Å². The predicted molar refractivity (Wildman–Crippen MR) is 97.3 cm³/mol. The highest BCUT2D eigenvalue weighted by molar-refractivity contribution is 6.34. The Morgan fingerprint density at radius 1 is 1.19 bits per heavy atom. The van der Waals surface area contributed by atoms with E-state index in [9.17, 15) is 14.4 Å². The number of esters is 1. The molecule has 140 valence electrons. The zero-order valence-electron chi connectivity index (χ0n) is 14.9. The van der Waals surface area contributed by atoms with Crippen molar-refractivity contribution in [3.05, 3.63) is 28.8 Å². The largest absolute Gasteiger partial charge is 0.465 e. The Kier molecular flexibility index (Phi) is 5.48. The van der Waals surface area contributed by atoms with Crippen LogP contribution in [0.25, 0.3) is 0 Å². The first kappa shape index (κ1) is 18.7. The lowest BCUT2D eigenvalue weighted by Crippen LogP contribution is -2.49. The van der Waals surface area contributed by atoms with E-state index in [4.69, 9.17) is 16.3 Å². The van der Waals surface area contributed by atoms with Crippen molar-refractivity contribution in [2.75, 3.05) is 51.8 Å². The van der Waals surface area contributed by atoms with E-state index in [2.05, 4.69) is 4.90 Å². The van der Waals surface area contributed by atoms with Gasteiger partial charge in [0.05, 0.1) is 29.3 Å². The fraction of sp³-hybridized carbons (Fsp3) is 0.500. The van der Waals surface area contributed by atoms with Gasteiger partial charge < -0.3 is 19.4 Å². The Balaban J connectivity index is 1.76. The molecule has 2 saturated heterocycles. The van der Waals surface area contributed by atoms with Crippen LogP contribution in [0.15, 0.2) is 18.2 Å². The average molecular weight is 380 g/mol. The molecule has 0 bridgehead atoms. The zero-order valence-corrected chi connectivity index (χ0v) is 15.7. The first-order chi connectivity index (χ1) is 12.4. The van der Waals surface area contributed by atoms with Crippen molar-refractivity contribution in [2.24, 2.45) is 5.92 Å². The highest BCUT2D eigenvalue weighted by Crippen LogP contribution is 2.33. The predicted octanol–water partition coefficient (Wildman–Crippen LogP) is 1.25. The number of benzene rings is 1. The fourth-order valence-corrected chi connectivity index (χ4v) is 3.57. The van der Waals surface area contributed by atoms with Crippen molar-refractivity contribution in [1.82, 2.24) is 9.80 Å². The normalized spacial score (nSPS) is 21.2. The number of amides is 2. The van der Waals surface area contributed by atoms with Gasteiger partial charge >= 0.3 is 5.97 Å². The molecule has 2 aliphatic heterocycles. The molecule has 2 amide bonds. The molecule has 0 aromatic heterocycles. The SMILES string of the molecule is COC(=O)c1ccc(Cl)c(N2CC(C(=O)N3CCN(C)CC3)CC2=O)c1. The Morgan fingerprint density at radius 3 is 2.54 bits per heavy atom. The first-order valence-corrected chi connectivity index (χ1v) is 8.94. The molecule has 1 aromatic rings. The van der Waals surface area contributed by atoms with Crippen molar-refractivity contribution >= 4 is 35.1 Å². The molecule has 1 atom stereocenters. The van der Waals surface area contributed by atoms with Crippen LogP contribution >= 0.6 is 11.6 Å². The number of hydrogen-bond acceptors (Lipinski definition) is 5. The summed E-state index contributed by atoms with van der Waals surface area (Å²) in [5, 5.41) is 0.360. The van der Waals surface area contributed by atoms with Crippen LogP contribution in [0, 0.1) is 5.92 Å². The first-order valence-electron chi connectivity index (χ1n) is 8.56. The molecule has 2 fully saturated rings. The maximum absolute atomic E-state index is 12.8. The van der Waals surface area contributed by atoms with Gasteiger partial charge in [-0.2, -0.15) is 0 Å². The minimum absolute atomic E-state index is 0.00851. The quantitative estimate of drug-likeness (QED) is 0.739. The molecule has 2 aliphatic rings. The highest BCUT2D eigenvalue weighted by Gasteiger charge is 2.38. The van der Waals surface area contributed by atoms with Gasteiger partial charge in [-0.15, -0.1) is 0 Å². The van der Waals surface area contributed by atoms with Crippen LogP contribution in [0.3, 0.4) is 0 Å². The Labute approximate surface area is 157 Å². The number of halogens is 1. The van der Waals surface area contributed by atoms with Gasteiger partial charge in [0.1, 0.15) is 0 Å². The van der Waals surface area contributed by atoms with Gasteiger partial charge in [-0.3, -0.25) is 9.59 Å². The van der Waals surface area contributed by atoms with E-state index in [0.29, 0.717) is 29.4 Å². The minimum Gasteiger partial charge on any atom is -0.465 e. The van der Waals surface area contributed by atoms with E-state index in [1.165, 1.54) is 18.1 Å². The molecule has 3 rings (SSSR count). The summed E-state index contributed by atoms with van der Waals surface area (Å²) in [6, 6.07) is 4.64. The van der Waals surface area contributed by atoms with E-state index in [0.717, 1.165) is 13.1 Å². The standard InChI is InChI=1S/C18H22ClN3O4/c1-20-5-7-21(8-6-20)17(24)13-10-16(23)22(11-13)15-9-12(18(25)26-2)3-4-14(15)19/h3-4,9,13H,5-8,10-11H2,1-2H3. The summed E-state index contributed by atoms with van der Waals surface area (Å²) >= 11 is 6.23. The van der Waals surface area contributed by atoms with Crippen molar-refractivity contribution in [2.45, 2.75) is 6.42 Å². The third-order valence-corrected chi connectivity index (χ3v) is 5.27. The topological polar surface area (TPSA) is 70.2 Å². The number of carbonyl (C=O) groups is 3. The number of nitrogens with zero attached hydrogens (tertiary/aromatic N) is 3. The van der Waals surface area contributed by atoms with Crippen molar-refractivity contribution < 1.29 is 19.1 Å². The Hall–Kier alpha value is -2.12. The third-order valence-electron chi connectivity index (χ3n) is 4.95. The smallest absolute Gasteiger partial charge is 0.337 e. The Morgan fingerprint density at radius 2 is 1.88 bits per heavy atom. The fourth-order valence-electron chi connectivity index (χ4n) is 3.36. The molecule has 0 aliphatic carbocycles. The molecule has 0 N–H and O–H groups in total. The molecule has 1 unspecified atom stereocenters.